The van der Waals surface area contributed by atoms with Gasteiger partial charge in [-0.15, -0.1) is 0 Å². The largest absolute Gasteiger partial charge is 0.480 e. The summed E-state index contributed by atoms with van der Waals surface area (Å²) in [5.74, 6) is -1.28. The maximum Gasteiger partial charge on any atom is 0.326 e. The second-order valence-electron chi connectivity index (χ2n) is 3.41. The molecule has 88 valence electrons. The summed E-state index contributed by atoms with van der Waals surface area (Å²) in [7, 11) is 0. The van der Waals surface area contributed by atoms with Crippen LogP contribution in [-0.2, 0) is 9.59 Å². The molecule has 0 aromatic heterocycles. The van der Waals surface area contributed by atoms with Crippen LogP contribution in [-0.4, -0.2) is 47.6 Å². The van der Waals surface area contributed by atoms with E-state index < -0.39 is 12.0 Å². The van der Waals surface area contributed by atoms with Crippen molar-refractivity contribution in [3.63, 3.8) is 0 Å². The summed E-state index contributed by atoms with van der Waals surface area (Å²) in [5, 5.41) is 11.3. The number of hydrogen-bond acceptors (Lipinski definition) is 3. The average molecular weight is 216 g/mol. The Morgan fingerprint density at radius 3 is 2.20 bits per heavy atom. The Morgan fingerprint density at radius 1 is 1.33 bits per heavy atom. The highest BCUT2D eigenvalue weighted by atomic mass is 16.4. The summed E-state index contributed by atoms with van der Waals surface area (Å²) in [5.41, 5.74) is 0. The highest BCUT2D eigenvalue weighted by Gasteiger charge is 2.18. The molecule has 1 unspecified atom stereocenters. The number of aliphatic carboxylic acids is 1. The molecule has 1 amide bonds. The number of nitrogens with zero attached hydrogens (tertiary/aromatic N) is 1. The van der Waals surface area contributed by atoms with Gasteiger partial charge < -0.3 is 15.3 Å². The van der Waals surface area contributed by atoms with Crippen molar-refractivity contribution in [3.05, 3.63) is 0 Å². The van der Waals surface area contributed by atoms with Gasteiger partial charge in [-0.25, -0.2) is 4.79 Å². The van der Waals surface area contributed by atoms with Crippen LogP contribution >= 0.6 is 0 Å². The van der Waals surface area contributed by atoms with Crippen LogP contribution in [0.1, 0.15) is 27.2 Å². The van der Waals surface area contributed by atoms with E-state index in [1.165, 1.54) is 6.92 Å². The Labute approximate surface area is 90.5 Å². The molecule has 0 aromatic carbocycles. The molecule has 0 radical (unpaired) electrons. The number of amides is 1. The molecule has 0 spiro atoms. The van der Waals surface area contributed by atoms with Crippen molar-refractivity contribution in [2.24, 2.45) is 0 Å². The fraction of sp³-hybridized carbons (Fsp3) is 0.800. The Balaban J connectivity index is 4.06. The van der Waals surface area contributed by atoms with Crippen LogP contribution in [0.4, 0.5) is 0 Å². The summed E-state index contributed by atoms with van der Waals surface area (Å²) in [6.45, 7) is 7.85. The van der Waals surface area contributed by atoms with E-state index >= 15 is 0 Å². The van der Waals surface area contributed by atoms with Crippen LogP contribution in [0.3, 0.4) is 0 Å². The third kappa shape index (κ3) is 6.06. The molecule has 0 saturated carbocycles. The normalized spacial score (nSPS) is 12.5. The fourth-order valence-electron chi connectivity index (χ4n) is 1.35. The molecular formula is C10H20N2O3. The fourth-order valence-corrected chi connectivity index (χ4v) is 1.35. The summed E-state index contributed by atoms with van der Waals surface area (Å²) in [6.07, 6.45) is 0.441. The van der Waals surface area contributed by atoms with Crippen molar-refractivity contribution in [1.29, 1.82) is 0 Å². The molecule has 0 aliphatic carbocycles. The first kappa shape index (κ1) is 13.9. The second-order valence-corrected chi connectivity index (χ2v) is 3.41. The number of carbonyl (C=O) groups is 2. The lowest BCUT2D eigenvalue weighted by atomic mass is 10.2. The van der Waals surface area contributed by atoms with Gasteiger partial charge in [-0.05, 0) is 19.5 Å². The first-order valence-electron chi connectivity index (χ1n) is 5.23. The maximum absolute atomic E-state index is 10.8. The molecule has 0 aromatic rings. The third-order valence-electron chi connectivity index (χ3n) is 2.30. The van der Waals surface area contributed by atoms with Crippen LogP contribution in [0.25, 0.3) is 0 Å². The Morgan fingerprint density at radius 2 is 1.87 bits per heavy atom. The molecular weight excluding hydrogens is 196 g/mol. The number of rotatable bonds is 7. The summed E-state index contributed by atoms with van der Waals surface area (Å²) < 4.78 is 0. The SMILES string of the molecule is CCN(CC)CCC(NC(C)=O)C(=O)O. The zero-order valence-electron chi connectivity index (χ0n) is 9.62. The molecule has 0 saturated heterocycles. The smallest absolute Gasteiger partial charge is 0.326 e. The minimum atomic E-state index is -0.975. The van der Waals surface area contributed by atoms with Gasteiger partial charge in [-0.1, -0.05) is 13.8 Å². The predicted octanol–water partition coefficient (Wildman–Crippen LogP) is 0.308. The van der Waals surface area contributed by atoms with Crippen molar-refractivity contribution in [1.82, 2.24) is 10.2 Å². The van der Waals surface area contributed by atoms with Gasteiger partial charge in [0.1, 0.15) is 6.04 Å². The van der Waals surface area contributed by atoms with Gasteiger partial charge in [0.25, 0.3) is 0 Å². The zero-order valence-corrected chi connectivity index (χ0v) is 9.62. The number of hydrogen-bond donors (Lipinski definition) is 2. The number of carboxylic acid groups (broad SMARTS) is 1. The van der Waals surface area contributed by atoms with Crippen molar-refractivity contribution in [3.8, 4) is 0 Å². The predicted molar refractivity (Wildman–Crippen MR) is 57.6 cm³/mol. The molecule has 0 rings (SSSR count). The average Bonchev–Trinajstić information content (AvgIpc) is 2.16. The highest BCUT2D eigenvalue weighted by Crippen LogP contribution is 1.97. The third-order valence-corrected chi connectivity index (χ3v) is 2.30. The van der Waals surface area contributed by atoms with Gasteiger partial charge in [0, 0.05) is 13.5 Å². The van der Waals surface area contributed by atoms with Gasteiger partial charge in [0.15, 0.2) is 0 Å². The minimum absolute atomic E-state index is 0.304. The summed E-state index contributed by atoms with van der Waals surface area (Å²) in [6, 6.07) is -0.775. The van der Waals surface area contributed by atoms with E-state index in [0.717, 1.165) is 13.1 Å². The lowest BCUT2D eigenvalue weighted by Gasteiger charge is -2.20. The van der Waals surface area contributed by atoms with Crippen molar-refractivity contribution < 1.29 is 14.7 Å². The molecule has 5 nitrogen and oxygen atoms in total. The first-order valence-corrected chi connectivity index (χ1v) is 5.23. The van der Waals surface area contributed by atoms with Crippen LogP contribution in [0.2, 0.25) is 0 Å². The molecule has 0 fully saturated rings. The number of carbonyl (C=O) groups excluding carboxylic acids is 1. The van der Waals surface area contributed by atoms with Gasteiger partial charge >= 0.3 is 5.97 Å². The lowest BCUT2D eigenvalue weighted by molar-refractivity contribution is -0.141. The van der Waals surface area contributed by atoms with Crippen LogP contribution in [0, 0.1) is 0 Å². The minimum Gasteiger partial charge on any atom is -0.480 e. The van der Waals surface area contributed by atoms with Crippen LogP contribution in [0.15, 0.2) is 0 Å². The number of nitrogens with one attached hydrogen (secondary N) is 1. The van der Waals surface area contributed by atoms with Crippen LogP contribution in [0.5, 0.6) is 0 Å². The first-order chi connectivity index (χ1) is 7.01. The second kappa shape index (κ2) is 7.23. The Bertz CT molecular complexity index is 215. The van der Waals surface area contributed by atoms with Gasteiger partial charge in [-0.2, -0.15) is 0 Å². The zero-order chi connectivity index (χ0) is 11.8. The van der Waals surface area contributed by atoms with E-state index in [-0.39, 0.29) is 5.91 Å². The molecule has 0 aliphatic heterocycles. The van der Waals surface area contributed by atoms with E-state index in [1.54, 1.807) is 0 Å². The molecule has 0 heterocycles. The molecule has 5 heteroatoms. The van der Waals surface area contributed by atoms with Crippen LogP contribution < -0.4 is 5.32 Å². The van der Waals surface area contributed by atoms with Gasteiger partial charge in [0.05, 0.1) is 0 Å². The van der Waals surface area contributed by atoms with Crippen molar-refractivity contribution >= 4 is 11.9 Å². The number of carboxylic acids is 1. The van der Waals surface area contributed by atoms with E-state index in [1.807, 2.05) is 13.8 Å². The van der Waals surface area contributed by atoms with E-state index in [4.69, 9.17) is 5.11 Å². The summed E-state index contributed by atoms with van der Waals surface area (Å²) >= 11 is 0. The summed E-state index contributed by atoms with van der Waals surface area (Å²) in [4.78, 5) is 23.7. The molecule has 0 aliphatic rings. The Kier molecular flexibility index (Phi) is 6.70. The topological polar surface area (TPSA) is 69.6 Å². The van der Waals surface area contributed by atoms with E-state index in [2.05, 4.69) is 10.2 Å². The Hall–Kier alpha value is -1.10. The monoisotopic (exact) mass is 216 g/mol. The van der Waals surface area contributed by atoms with E-state index in [9.17, 15) is 9.59 Å². The van der Waals surface area contributed by atoms with Crippen molar-refractivity contribution in [2.45, 2.75) is 33.2 Å². The molecule has 0 bridgehead atoms. The van der Waals surface area contributed by atoms with Gasteiger partial charge in [0.2, 0.25) is 5.91 Å². The quantitative estimate of drug-likeness (QED) is 0.642. The highest BCUT2D eigenvalue weighted by molar-refractivity contribution is 5.81. The molecule has 1 atom stereocenters. The molecule has 2 N–H and O–H groups in total. The lowest BCUT2D eigenvalue weighted by Crippen LogP contribution is -2.42. The maximum atomic E-state index is 10.8. The molecule has 15 heavy (non-hydrogen) atoms. The van der Waals surface area contributed by atoms with E-state index in [0.29, 0.717) is 13.0 Å². The van der Waals surface area contributed by atoms with Gasteiger partial charge in [-0.3, -0.25) is 4.79 Å². The van der Waals surface area contributed by atoms with Crippen molar-refractivity contribution in [2.75, 3.05) is 19.6 Å². The standard InChI is InChI=1S/C10H20N2O3/c1-4-12(5-2)7-6-9(10(14)15)11-8(3)13/h9H,4-7H2,1-3H3,(H,11,13)(H,14,15).